The first-order valence-electron chi connectivity index (χ1n) is 7.76. The van der Waals surface area contributed by atoms with Gasteiger partial charge >= 0.3 is 23.6 Å². The van der Waals surface area contributed by atoms with Gasteiger partial charge in [-0.3, -0.25) is 0 Å². The van der Waals surface area contributed by atoms with E-state index in [1.165, 1.54) is 0 Å². The number of hydrogen-bond acceptors (Lipinski definition) is 7. The average molecular weight is 452 g/mol. The minimum Gasteiger partial charge on any atom is -0.457 e. The van der Waals surface area contributed by atoms with Crippen LogP contribution in [-0.4, -0.2) is 45.6 Å². The molecule has 1 unspecified atom stereocenters. The second-order valence-corrected chi connectivity index (χ2v) is 6.96. The summed E-state index contributed by atoms with van der Waals surface area (Å²) in [5, 5.41) is 15.4. The lowest BCUT2D eigenvalue weighted by Crippen LogP contribution is -2.59. The number of carbonyl (C=O) groups excluding carboxylic acids is 1. The number of alkyl halides is 8. The Bertz CT molecular complexity index is 506. The Kier molecular flexibility index (Phi) is 8.33. The Morgan fingerprint density at radius 3 is 1.93 bits per heavy atom. The predicted octanol–water partition coefficient (Wildman–Crippen LogP) is 4.39. The summed E-state index contributed by atoms with van der Waals surface area (Å²) >= 11 is -1.08. The zero-order chi connectivity index (χ0) is 21.8. The van der Waals surface area contributed by atoms with Gasteiger partial charge in [0.15, 0.2) is 0 Å². The molecule has 1 aliphatic rings. The van der Waals surface area contributed by atoms with E-state index in [1.807, 2.05) is 0 Å². The van der Waals surface area contributed by atoms with E-state index >= 15 is 0 Å². The highest BCUT2D eigenvalue weighted by atomic mass is 32.2. The van der Waals surface area contributed by atoms with Gasteiger partial charge in [-0.1, -0.05) is 24.3 Å². The minimum absolute atomic E-state index is 0.0126. The van der Waals surface area contributed by atoms with E-state index in [1.54, 1.807) is 0 Å². The second kappa shape index (κ2) is 9.28. The van der Waals surface area contributed by atoms with Crippen LogP contribution in [0, 0.1) is 5.92 Å². The summed E-state index contributed by atoms with van der Waals surface area (Å²) in [4.78, 5) is 11.6. The van der Waals surface area contributed by atoms with Gasteiger partial charge in [-0.2, -0.15) is 35.1 Å². The summed E-state index contributed by atoms with van der Waals surface area (Å²) < 4.78 is 112. The number of aliphatic hydroxyl groups is 1. The standard InChI is InChI=1S/C13H16F8O6S/c14-11(15,28-27-26-24)9(22)25-8(7-4-2-1-3-5-7)6-10(23,12(16,17)18)13(19,20)21/h7-8,23-24H,1-6H2. The van der Waals surface area contributed by atoms with Crippen molar-refractivity contribution in [1.29, 1.82) is 0 Å². The van der Waals surface area contributed by atoms with Crippen molar-refractivity contribution in [3.63, 3.8) is 0 Å². The summed E-state index contributed by atoms with van der Waals surface area (Å²) in [6.45, 7) is 0. The van der Waals surface area contributed by atoms with Crippen LogP contribution in [-0.2, 0) is 18.9 Å². The smallest absolute Gasteiger partial charge is 0.426 e. The van der Waals surface area contributed by atoms with E-state index in [2.05, 4.69) is 14.1 Å². The first kappa shape index (κ1) is 25.1. The second-order valence-electron chi connectivity index (χ2n) is 6.14. The van der Waals surface area contributed by atoms with Gasteiger partial charge in [0.25, 0.3) is 5.60 Å². The Balaban J connectivity index is 3.13. The number of carbonyl (C=O) groups is 1. The zero-order valence-electron chi connectivity index (χ0n) is 13.9. The summed E-state index contributed by atoms with van der Waals surface area (Å²) in [5.41, 5.74) is -5.27. The quantitative estimate of drug-likeness (QED) is 0.186. The molecule has 0 radical (unpaired) electrons. The third-order valence-electron chi connectivity index (χ3n) is 4.28. The maximum absolute atomic E-state index is 13.5. The van der Waals surface area contributed by atoms with Gasteiger partial charge in [-0.25, -0.2) is 10.1 Å². The molecule has 1 aliphatic carbocycles. The Morgan fingerprint density at radius 1 is 1.00 bits per heavy atom. The molecule has 166 valence electrons. The SMILES string of the molecule is O=C(OC(CC(O)(C(F)(F)F)C(F)(F)F)C1CCCCC1)C(F)(F)SOOO. The maximum atomic E-state index is 13.5. The van der Waals surface area contributed by atoms with Crippen LogP contribution in [0.15, 0.2) is 0 Å². The third-order valence-corrected chi connectivity index (χ3v) is 4.78. The summed E-state index contributed by atoms with van der Waals surface area (Å²) in [6, 6.07) is 0. The summed E-state index contributed by atoms with van der Waals surface area (Å²) in [6.07, 6.45) is -15.5. The van der Waals surface area contributed by atoms with E-state index in [9.17, 15) is 45.0 Å². The first-order valence-corrected chi connectivity index (χ1v) is 8.50. The zero-order valence-corrected chi connectivity index (χ0v) is 14.7. The third kappa shape index (κ3) is 6.05. The normalized spacial score (nSPS) is 18.8. The van der Waals surface area contributed by atoms with Crippen LogP contribution < -0.4 is 0 Å². The molecule has 0 aromatic rings. The van der Waals surface area contributed by atoms with Crippen LogP contribution in [0.4, 0.5) is 35.1 Å². The average Bonchev–Trinajstić information content (AvgIpc) is 2.58. The van der Waals surface area contributed by atoms with Gasteiger partial charge in [0.1, 0.15) is 18.1 Å². The van der Waals surface area contributed by atoms with Gasteiger partial charge in [0, 0.05) is 6.42 Å². The molecule has 1 atom stereocenters. The topological polar surface area (TPSA) is 85.2 Å². The van der Waals surface area contributed by atoms with Crippen molar-refractivity contribution < 1.29 is 64.4 Å². The van der Waals surface area contributed by atoms with E-state index in [4.69, 9.17) is 5.26 Å². The van der Waals surface area contributed by atoms with Crippen LogP contribution >= 0.6 is 12.0 Å². The molecular weight excluding hydrogens is 436 g/mol. The van der Waals surface area contributed by atoms with Gasteiger partial charge < -0.3 is 9.84 Å². The van der Waals surface area contributed by atoms with E-state index in [0.29, 0.717) is 19.3 Å². The lowest BCUT2D eigenvalue weighted by atomic mass is 9.80. The molecule has 0 aliphatic heterocycles. The predicted molar refractivity (Wildman–Crippen MR) is 75.5 cm³/mol. The molecule has 1 saturated carbocycles. The highest BCUT2D eigenvalue weighted by Gasteiger charge is 2.71. The molecule has 1 rings (SSSR count). The van der Waals surface area contributed by atoms with Crippen molar-refractivity contribution in [3.05, 3.63) is 0 Å². The Hall–Kier alpha value is -0.900. The molecule has 2 N–H and O–H groups in total. The van der Waals surface area contributed by atoms with Crippen molar-refractivity contribution in [3.8, 4) is 0 Å². The minimum atomic E-state index is -6.20. The van der Waals surface area contributed by atoms with Crippen LogP contribution in [0.5, 0.6) is 0 Å². The number of esters is 1. The molecule has 0 aromatic carbocycles. The molecule has 0 bridgehead atoms. The largest absolute Gasteiger partial charge is 0.457 e. The van der Waals surface area contributed by atoms with Crippen molar-refractivity contribution in [1.82, 2.24) is 0 Å². The number of ether oxygens (including phenoxy) is 1. The molecule has 28 heavy (non-hydrogen) atoms. The molecule has 0 amide bonds. The van der Waals surface area contributed by atoms with Gasteiger partial charge in [-0.05, 0) is 18.8 Å². The monoisotopic (exact) mass is 452 g/mol. The lowest BCUT2D eigenvalue weighted by molar-refractivity contribution is -0.433. The van der Waals surface area contributed by atoms with E-state index in [0.717, 1.165) is 0 Å². The van der Waals surface area contributed by atoms with Crippen molar-refractivity contribution in [2.45, 2.75) is 67.8 Å². The highest BCUT2D eigenvalue weighted by Crippen LogP contribution is 2.48. The Morgan fingerprint density at radius 2 is 1.50 bits per heavy atom. The summed E-state index contributed by atoms with van der Waals surface area (Å²) in [7, 11) is 0. The fourth-order valence-electron chi connectivity index (χ4n) is 2.79. The van der Waals surface area contributed by atoms with Gasteiger partial charge in [0.05, 0.1) is 0 Å². The maximum Gasteiger partial charge on any atom is 0.426 e. The number of halogens is 8. The van der Waals surface area contributed by atoms with E-state index < -0.39 is 59.7 Å². The van der Waals surface area contributed by atoms with Crippen molar-refractivity contribution in [2.24, 2.45) is 5.92 Å². The molecular formula is C13H16F8O6S. The number of hydrogen-bond donors (Lipinski definition) is 2. The number of rotatable bonds is 8. The van der Waals surface area contributed by atoms with Gasteiger partial charge in [-0.15, -0.1) is 4.33 Å². The van der Waals surface area contributed by atoms with Crippen LogP contribution in [0.3, 0.4) is 0 Å². The fraction of sp³-hybridized carbons (Fsp3) is 0.923. The summed E-state index contributed by atoms with van der Waals surface area (Å²) in [5.74, 6) is -3.62. The molecule has 0 saturated heterocycles. The molecule has 0 heterocycles. The highest BCUT2D eigenvalue weighted by molar-refractivity contribution is 7.96. The molecule has 6 nitrogen and oxygen atoms in total. The van der Waals surface area contributed by atoms with E-state index in [-0.39, 0.29) is 12.8 Å². The fourth-order valence-corrected chi connectivity index (χ4v) is 3.02. The molecule has 0 spiro atoms. The van der Waals surface area contributed by atoms with Crippen molar-refractivity contribution >= 4 is 18.0 Å². The Labute approximate surface area is 157 Å². The lowest BCUT2D eigenvalue weighted by Gasteiger charge is -2.38. The molecule has 15 heteroatoms. The van der Waals surface area contributed by atoms with Crippen LogP contribution in [0.1, 0.15) is 38.5 Å². The van der Waals surface area contributed by atoms with Crippen LogP contribution in [0.2, 0.25) is 0 Å². The molecule has 0 aromatic heterocycles. The van der Waals surface area contributed by atoms with Crippen LogP contribution in [0.25, 0.3) is 0 Å². The van der Waals surface area contributed by atoms with Crippen molar-refractivity contribution in [2.75, 3.05) is 0 Å². The first-order chi connectivity index (χ1) is 12.7. The van der Waals surface area contributed by atoms with Gasteiger partial charge in [0.2, 0.25) is 0 Å². The molecule has 1 fully saturated rings.